The predicted octanol–water partition coefficient (Wildman–Crippen LogP) is 2.31. The minimum absolute atomic E-state index is 0.0769. The van der Waals surface area contributed by atoms with Crippen LogP contribution in [0.1, 0.15) is 6.42 Å². The summed E-state index contributed by atoms with van der Waals surface area (Å²) in [6, 6.07) is 3.46. The van der Waals surface area contributed by atoms with Crippen LogP contribution in [0.2, 0.25) is 0 Å². The molecule has 2 rings (SSSR count). The van der Waals surface area contributed by atoms with Gasteiger partial charge in [-0.25, -0.2) is 4.39 Å². The lowest BCUT2D eigenvalue weighted by molar-refractivity contribution is -0.213. The lowest BCUT2D eigenvalue weighted by atomic mass is 9.85. The second-order valence-corrected chi connectivity index (χ2v) is 4.81. The lowest BCUT2D eigenvalue weighted by Gasteiger charge is -2.29. The topological polar surface area (TPSA) is 50.4 Å². The van der Waals surface area contributed by atoms with E-state index >= 15 is 0 Å². The molecular formula is C13H14F4N2O2. The molecule has 0 radical (unpaired) electrons. The number of amides is 1. The minimum Gasteiger partial charge on any atom is -0.497 e. The Labute approximate surface area is 118 Å². The Kier molecular flexibility index (Phi) is 4.08. The number of hydrogen-bond acceptors (Lipinski definition) is 3. The van der Waals surface area contributed by atoms with Gasteiger partial charge in [-0.3, -0.25) is 4.79 Å². The number of carbonyl (C=O) groups is 1. The molecule has 1 atom stereocenters. The molecule has 4 nitrogen and oxygen atoms in total. The lowest BCUT2D eigenvalue weighted by Crippen LogP contribution is -2.49. The van der Waals surface area contributed by atoms with Crippen molar-refractivity contribution in [3.63, 3.8) is 0 Å². The molecular weight excluding hydrogens is 292 g/mol. The number of methoxy groups -OCH3 is 1. The average Bonchev–Trinajstić information content (AvgIpc) is 2.91. The molecule has 21 heavy (non-hydrogen) atoms. The highest BCUT2D eigenvalue weighted by Gasteiger charge is 2.61. The van der Waals surface area contributed by atoms with Gasteiger partial charge in [0, 0.05) is 12.6 Å². The molecule has 1 fully saturated rings. The summed E-state index contributed by atoms with van der Waals surface area (Å²) in [5.74, 6) is -1.86. The molecule has 1 saturated heterocycles. The standard InChI is InChI=1S/C13H14F4N2O2/c1-21-8-2-3-9(14)10(6-8)19-11(20)12(13(15,16)17)4-5-18-7-12/h2-3,6,18H,4-5,7H2,1H3,(H,19,20). The molecule has 1 aromatic rings. The van der Waals surface area contributed by atoms with Gasteiger partial charge in [0.15, 0.2) is 5.41 Å². The Balaban J connectivity index is 2.28. The summed E-state index contributed by atoms with van der Waals surface area (Å²) >= 11 is 0. The van der Waals surface area contributed by atoms with Crippen molar-refractivity contribution in [1.82, 2.24) is 5.32 Å². The molecule has 0 bridgehead atoms. The zero-order valence-corrected chi connectivity index (χ0v) is 11.2. The second kappa shape index (κ2) is 5.51. The number of rotatable bonds is 3. The number of ether oxygens (including phenoxy) is 1. The van der Waals surface area contributed by atoms with Gasteiger partial charge in [-0.2, -0.15) is 13.2 Å². The van der Waals surface area contributed by atoms with Gasteiger partial charge in [0.25, 0.3) is 0 Å². The van der Waals surface area contributed by atoms with E-state index in [2.05, 4.69) is 5.32 Å². The molecule has 0 spiro atoms. The third-order valence-corrected chi connectivity index (χ3v) is 3.55. The Bertz CT molecular complexity index is 539. The van der Waals surface area contributed by atoms with E-state index < -0.39 is 29.9 Å². The second-order valence-electron chi connectivity index (χ2n) is 4.81. The van der Waals surface area contributed by atoms with Gasteiger partial charge in [-0.15, -0.1) is 0 Å². The van der Waals surface area contributed by atoms with Crippen molar-refractivity contribution in [3.05, 3.63) is 24.0 Å². The number of anilines is 1. The van der Waals surface area contributed by atoms with Crippen LogP contribution in [0.5, 0.6) is 5.75 Å². The summed E-state index contributed by atoms with van der Waals surface area (Å²) in [5.41, 5.74) is -2.88. The van der Waals surface area contributed by atoms with Crippen molar-refractivity contribution in [3.8, 4) is 5.75 Å². The van der Waals surface area contributed by atoms with Crippen LogP contribution >= 0.6 is 0 Å². The quantitative estimate of drug-likeness (QED) is 0.843. The molecule has 8 heteroatoms. The van der Waals surface area contributed by atoms with Crippen LogP contribution in [0, 0.1) is 11.2 Å². The Morgan fingerprint density at radius 3 is 2.67 bits per heavy atom. The van der Waals surface area contributed by atoms with Gasteiger partial charge < -0.3 is 15.4 Å². The fraction of sp³-hybridized carbons (Fsp3) is 0.462. The summed E-state index contributed by atoms with van der Waals surface area (Å²) in [6.07, 6.45) is -5.09. The summed E-state index contributed by atoms with van der Waals surface area (Å²) in [5, 5.41) is 4.54. The van der Waals surface area contributed by atoms with Crippen LogP contribution in [0.15, 0.2) is 18.2 Å². The van der Waals surface area contributed by atoms with E-state index in [-0.39, 0.29) is 24.4 Å². The SMILES string of the molecule is COc1ccc(F)c(NC(=O)C2(C(F)(F)F)CCNC2)c1. The first kappa shape index (κ1) is 15.6. The van der Waals surface area contributed by atoms with E-state index in [0.29, 0.717) is 0 Å². The molecule has 0 aromatic heterocycles. The average molecular weight is 306 g/mol. The summed E-state index contributed by atoms with van der Waals surface area (Å²) in [7, 11) is 1.33. The van der Waals surface area contributed by atoms with Crippen molar-refractivity contribution in [2.24, 2.45) is 5.41 Å². The van der Waals surface area contributed by atoms with E-state index in [4.69, 9.17) is 4.74 Å². The normalized spacial score (nSPS) is 22.1. The maximum absolute atomic E-state index is 13.6. The Morgan fingerprint density at radius 1 is 1.43 bits per heavy atom. The molecule has 1 amide bonds. The number of hydrogen-bond donors (Lipinski definition) is 2. The first-order chi connectivity index (χ1) is 9.80. The fourth-order valence-electron chi connectivity index (χ4n) is 2.23. The van der Waals surface area contributed by atoms with Crippen molar-refractivity contribution in [1.29, 1.82) is 0 Å². The van der Waals surface area contributed by atoms with Crippen LogP contribution in [0.4, 0.5) is 23.2 Å². The first-order valence-electron chi connectivity index (χ1n) is 6.22. The summed E-state index contributed by atoms with van der Waals surface area (Å²) in [4.78, 5) is 12.1. The van der Waals surface area contributed by atoms with Crippen molar-refractivity contribution in [2.75, 3.05) is 25.5 Å². The van der Waals surface area contributed by atoms with Gasteiger partial charge in [-0.1, -0.05) is 0 Å². The monoisotopic (exact) mass is 306 g/mol. The van der Waals surface area contributed by atoms with Crippen LogP contribution in [0.25, 0.3) is 0 Å². The molecule has 1 heterocycles. The highest BCUT2D eigenvalue weighted by molar-refractivity contribution is 5.96. The van der Waals surface area contributed by atoms with E-state index in [1.807, 2.05) is 5.32 Å². The Hall–Kier alpha value is -1.83. The highest BCUT2D eigenvalue weighted by Crippen LogP contribution is 2.44. The maximum Gasteiger partial charge on any atom is 0.404 e. The van der Waals surface area contributed by atoms with Crippen LogP contribution in [-0.2, 0) is 4.79 Å². The zero-order valence-electron chi connectivity index (χ0n) is 11.2. The van der Waals surface area contributed by atoms with Gasteiger partial charge in [0.05, 0.1) is 12.8 Å². The minimum atomic E-state index is -4.71. The fourth-order valence-corrected chi connectivity index (χ4v) is 2.23. The third-order valence-electron chi connectivity index (χ3n) is 3.55. The maximum atomic E-state index is 13.6. The number of benzene rings is 1. The smallest absolute Gasteiger partial charge is 0.404 e. The predicted molar refractivity (Wildman–Crippen MR) is 67.6 cm³/mol. The van der Waals surface area contributed by atoms with Gasteiger partial charge in [-0.05, 0) is 25.1 Å². The van der Waals surface area contributed by atoms with Crippen LogP contribution in [0.3, 0.4) is 0 Å². The van der Waals surface area contributed by atoms with Crippen LogP contribution in [-0.4, -0.2) is 32.3 Å². The molecule has 116 valence electrons. The third kappa shape index (κ3) is 2.80. The van der Waals surface area contributed by atoms with E-state index in [0.717, 1.165) is 12.1 Å². The van der Waals surface area contributed by atoms with Gasteiger partial charge in [0.2, 0.25) is 5.91 Å². The van der Waals surface area contributed by atoms with Crippen molar-refractivity contribution >= 4 is 11.6 Å². The Morgan fingerprint density at radius 2 is 2.14 bits per heavy atom. The number of carbonyl (C=O) groups excluding carboxylic acids is 1. The first-order valence-corrected chi connectivity index (χ1v) is 6.22. The molecule has 0 aliphatic carbocycles. The number of nitrogens with one attached hydrogen (secondary N) is 2. The van der Waals surface area contributed by atoms with E-state index in [9.17, 15) is 22.4 Å². The molecule has 1 unspecified atom stereocenters. The molecule has 1 aliphatic rings. The van der Waals surface area contributed by atoms with E-state index in [1.54, 1.807) is 0 Å². The molecule has 0 saturated carbocycles. The molecule has 1 aromatic carbocycles. The summed E-state index contributed by atoms with van der Waals surface area (Å²) < 4.78 is 58.1. The van der Waals surface area contributed by atoms with Crippen molar-refractivity contribution in [2.45, 2.75) is 12.6 Å². The molecule has 2 N–H and O–H groups in total. The highest BCUT2D eigenvalue weighted by atomic mass is 19.4. The molecule has 1 aliphatic heterocycles. The largest absolute Gasteiger partial charge is 0.497 e. The van der Waals surface area contributed by atoms with Gasteiger partial charge >= 0.3 is 6.18 Å². The van der Waals surface area contributed by atoms with Crippen molar-refractivity contribution < 1.29 is 27.1 Å². The summed E-state index contributed by atoms with van der Waals surface area (Å²) in [6.45, 7) is -0.443. The van der Waals surface area contributed by atoms with E-state index in [1.165, 1.54) is 13.2 Å². The number of alkyl halides is 3. The zero-order chi connectivity index (χ0) is 15.7. The number of halogens is 4. The van der Waals surface area contributed by atoms with Gasteiger partial charge in [0.1, 0.15) is 11.6 Å². The van der Waals surface area contributed by atoms with Crippen LogP contribution < -0.4 is 15.4 Å².